The van der Waals surface area contributed by atoms with Gasteiger partial charge < -0.3 is 20.1 Å². The van der Waals surface area contributed by atoms with E-state index in [1.165, 1.54) is 0 Å². The molecule has 0 atom stereocenters. The van der Waals surface area contributed by atoms with Gasteiger partial charge in [-0.3, -0.25) is 4.79 Å². The minimum atomic E-state index is -0.0835. The topological polar surface area (TPSA) is 59.6 Å². The van der Waals surface area contributed by atoms with Crippen molar-refractivity contribution in [3.8, 4) is 5.75 Å². The van der Waals surface area contributed by atoms with E-state index in [0.29, 0.717) is 23.8 Å². The highest BCUT2D eigenvalue weighted by Gasteiger charge is 2.14. The molecule has 0 aliphatic carbocycles. The monoisotopic (exact) mass is 404 g/mol. The number of amides is 1. The summed E-state index contributed by atoms with van der Waals surface area (Å²) >= 11 is 6.60. The SMILES string of the molecule is CNC(=O)c1ccc(Cc2cc(C)c(OCCNCCOC)c(Cl)c2C)cc1. The quantitative estimate of drug-likeness (QED) is 0.595. The molecule has 5 nitrogen and oxygen atoms in total. The lowest BCUT2D eigenvalue weighted by Crippen LogP contribution is -2.24. The number of methoxy groups -OCH3 is 1. The van der Waals surface area contributed by atoms with E-state index in [9.17, 15) is 4.79 Å². The van der Waals surface area contributed by atoms with Gasteiger partial charge in [-0.25, -0.2) is 0 Å². The minimum Gasteiger partial charge on any atom is -0.490 e. The molecule has 0 spiro atoms. The summed E-state index contributed by atoms with van der Waals surface area (Å²) in [5.74, 6) is 0.659. The average molecular weight is 405 g/mol. The molecule has 0 unspecified atom stereocenters. The van der Waals surface area contributed by atoms with Crippen LogP contribution in [0.4, 0.5) is 0 Å². The van der Waals surface area contributed by atoms with Gasteiger partial charge in [-0.2, -0.15) is 0 Å². The molecule has 0 bridgehead atoms. The van der Waals surface area contributed by atoms with E-state index in [2.05, 4.69) is 16.7 Å². The van der Waals surface area contributed by atoms with Gasteiger partial charge in [0.2, 0.25) is 0 Å². The molecule has 2 aromatic rings. The van der Waals surface area contributed by atoms with Crippen molar-refractivity contribution in [2.45, 2.75) is 20.3 Å². The molecule has 0 aromatic heterocycles. The first-order valence-electron chi connectivity index (χ1n) is 9.40. The number of aryl methyl sites for hydroxylation is 1. The van der Waals surface area contributed by atoms with Crippen LogP contribution in [0.25, 0.3) is 0 Å². The van der Waals surface area contributed by atoms with Gasteiger partial charge >= 0.3 is 0 Å². The first kappa shape index (κ1) is 22.2. The molecule has 28 heavy (non-hydrogen) atoms. The first-order valence-corrected chi connectivity index (χ1v) is 9.77. The van der Waals surface area contributed by atoms with Gasteiger partial charge in [0, 0.05) is 32.8 Å². The summed E-state index contributed by atoms with van der Waals surface area (Å²) in [5, 5.41) is 6.54. The van der Waals surface area contributed by atoms with Crippen molar-refractivity contribution in [2.24, 2.45) is 0 Å². The highest BCUT2D eigenvalue weighted by Crippen LogP contribution is 2.34. The summed E-state index contributed by atoms with van der Waals surface area (Å²) in [6.07, 6.45) is 0.749. The Morgan fingerprint density at radius 1 is 1.11 bits per heavy atom. The number of ether oxygens (including phenoxy) is 2. The second-order valence-electron chi connectivity index (χ2n) is 6.66. The second kappa shape index (κ2) is 11.1. The van der Waals surface area contributed by atoms with Crippen LogP contribution in [0, 0.1) is 13.8 Å². The highest BCUT2D eigenvalue weighted by atomic mass is 35.5. The van der Waals surface area contributed by atoms with E-state index in [1.54, 1.807) is 14.2 Å². The number of nitrogens with one attached hydrogen (secondary N) is 2. The Kier molecular flexibility index (Phi) is 8.77. The number of hydrogen-bond donors (Lipinski definition) is 2. The van der Waals surface area contributed by atoms with Crippen LogP contribution < -0.4 is 15.4 Å². The fraction of sp³-hybridized carbons (Fsp3) is 0.409. The van der Waals surface area contributed by atoms with Crippen molar-refractivity contribution in [3.63, 3.8) is 0 Å². The maximum Gasteiger partial charge on any atom is 0.251 e. The van der Waals surface area contributed by atoms with E-state index >= 15 is 0 Å². The summed E-state index contributed by atoms with van der Waals surface area (Å²) in [5.41, 5.74) is 4.97. The smallest absolute Gasteiger partial charge is 0.251 e. The fourth-order valence-corrected chi connectivity index (χ4v) is 3.27. The normalized spacial score (nSPS) is 10.8. The molecule has 0 aliphatic rings. The number of benzene rings is 2. The van der Waals surface area contributed by atoms with Crippen LogP contribution in [-0.2, 0) is 11.2 Å². The zero-order chi connectivity index (χ0) is 20.5. The number of rotatable bonds is 10. The van der Waals surface area contributed by atoms with E-state index in [-0.39, 0.29) is 5.91 Å². The van der Waals surface area contributed by atoms with E-state index in [0.717, 1.165) is 47.5 Å². The van der Waals surface area contributed by atoms with Crippen LogP contribution >= 0.6 is 11.6 Å². The molecule has 0 radical (unpaired) electrons. The van der Waals surface area contributed by atoms with Crippen molar-refractivity contribution in [3.05, 3.63) is 63.2 Å². The summed E-state index contributed by atoms with van der Waals surface area (Å²) < 4.78 is 10.9. The molecule has 0 fully saturated rings. The van der Waals surface area contributed by atoms with Crippen LogP contribution in [0.15, 0.2) is 30.3 Å². The Hall–Kier alpha value is -2.08. The summed E-state index contributed by atoms with van der Waals surface area (Å²) in [6, 6.07) is 9.76. The Morgan fingerprint density at radius 3 is 2.43 bits per heavy atom. The Bertz CT molecular complexity index is 791. The average Bonchev–Trinajstić information content (AvgIpc) is 2.70. The lowest BCUT2D eigenvalue weighted by atomic mass is 9.97. The molecule has 1 amide bonds. The number of halogens is 1. The molecule has 2 aromatic carbocycles. The zero-order valence-corrected chi connectivity index (χ0v) is 17.8. The summed E-state index contributed by atoms with van der Waals surface area (Å²) in [4.78, 5) is 11.7. The predicted octanol–water partition coefficient (Wildman–Crippen LogP) is 3.52. The predicted molar refractivity (Wildman–Crippen MR) is 114 cm³/mol. The number of carbonyl (C=O) groups excluding carboxylic acids is 1. The molecular weight excluding hydrogens is 376 g/mol. The van der Waals surface area contributed by atoms with Crippen LogP contribution in [-0.4, -0.2) is 46.4 Å². The fourth-order valence-electron chi connectivity index (χ4n) is 2.94. The van der Waals surface area contributed by atoms with Crippen molar-refractivity contribution in [1.29, 1.82) is 0 Å². The third kappa shape index (κ3) is 5.96. The Morgan fingerprint density at radius 2 is 1.79 bits per heavy atom. The first-order chi connectivity index (χ1) is 13.5. The Balaban J connectivity index is 2.05. The second-order valence-corrected chi connectivity index (χ2v) is 7.04. The van der Waals surface area contributed by atoms with Crippen molar-refractivity contribution in [1.82, 2.24) is 10.6 Å². The molecule has 2 rings (SSSR count). The van der Waals surface area contributed by atoms with E-state index in [4.69, 9.17) is 21.1 Å². The molecule has 152 valence electrons. The van der Waals surface area contributed by atoms with Gasteiger partial charge in [0.05, 0.1) is 11.6 Å². The van der Waals surface area contributed by atoms with Gasteiger partial charge in [0.15, 0.2) is 0 Å². The Labute approximate surface area is 172 Å². The largest absolute Gasteiger partial charge is 0.490 e. The van der Waals surface area contributed by atoms with Gasteiger partial charge in [-0.1, -0.05) is 29.8 Å². The minimum absolute atomic E-state index is 0.0835. The lowest BCUT2D eigenvalue weighted by molar-refractivity contribution is 0.0963. The summed E-state index contributed by atoms with van der Waals surface area (Å²) in [6.45, 7) is 6.78. The molecule has 2 N–H and O–H groups in total. The number of carbonyl (C=O) groups is 1. The van der Waals surface area contributed by atoms with E-state index < -0.39 is 0 Å². The third-order valence-electron chi connectivity index (χ3n) is 4.61. The number of hydrogen-bond acceptors (Lipinski definition) is 4. The molecule has 6 heteroatoms. The van der Waals surface area contributed by atoms with Crippen LogP contribution in [0.1, 0.15) is 32.6 Å². The molecular formula is C22H29ClN2O3. The van der Waals surface area contributed by atoms with Crippen LogP contribution in [0.2, 0.25) is 5.02 Å². The van der Waals surface area contributed by atoms with Crippen molar-refractivity contribution in [2.75, 3.05) is 40.5 Å². The van der Waals surface area contributed by atoms with Crippen molar-refractivity contribution < 1.29 is 14.3 Å². The van der Waals surface area contributed by atoms with Gasteiger partial charge in [0.25, 0.3) is 5.91 Å². The van der Waals surface area contributed by atoms with Crippen LogP contribution in [0.5, 0.6) is 5.75 Å². The van der Waals surface area contributed by atoms with E-state index in [1.807, 2.05) is 38.1 Å². The molecule has 0 saturated carbocycles. The van der Waals surface area contributed by atoms with Gasteiger partial charge in [-0.15, -0.1) is 0 Å². The maximum absolute atomic E-state index is 11.7. The van der Waals surface area contributed by atoms with Gasteiger partial charge in [-0.05, 0) is 54.7 Å². The molecule has 0 heterocycles. The van der Waals surface area contributed by atoms with Crippen molar-refractivity contribution >= 4 is 17.5 Å². The zero-order valence-electron chi connectivity index (χ0n) is 17.0. The van der Waals surface area contributed by atoms with Gasteiger partial charge in [0.1, 0.15) is 12.4 Å². The van der Waals surface area contributed by atoms with Crippen LogP contribution in [0.3, 0.4) is 0 Å². The third-order valence-corrected chi connectivity index (χ3v) is 5.06. The maximum atomic E-state index is 11.7. The molecule has 0 aliphatic heterocycles. The summed E-state index contributed by atoms with van der Waals surface area (Å²) in [7, 11) is 3.31. The lowest BCUT2D eigenvalue weighted by Gasteiger charge is -2.17. The highest BCUT2D eigenvalue weighted by molar-refractivity contribution is 6.33. The standard InChI is InChI=1S/C22H29ClN2O3/c1-15-13-19(14-17-5-7-18(8-6-17)22(26)24-3)16(2)20(23)21(15)28-12-10-25-9-11-27-4/h5-8,13,25H,9-12,14H2,1-4H3,(H,24,26). The molecule has 0 saturated heterocycles.